The number of nitrogen functional groups attached to an aromatic ring is 1. The van der Waals surface area contributed by atoms with Crippen LogP contribution in [0.2, 0.25) is 10.0 Å². The largest absolute Gasteiger partial charge is 0.396 e. The zero-order chi connectivity index (χ0) is 9.30. The Labute approximate surface area is 80.9 Å². The van der Waals surface area contributed by atoms with E-state index in [1.54, 1.807) is 19.1 Å². The molecule has 0 heterocycles. The summed E-state index contributed by atoms with van der Waals surface area (Å²) in [5.74, 6) is 0. The molecule has 1 aromatic rings. The normalized spacial score (nSPS) is 13.0. The number of hydrogen-bond donors (Lipinski definition) is 2. The molecule has 0 radical (unpaired) electrons. The predicted molar refractivity (Wildman–Crippen MR) is 51.5 cm³/mol. The molecule has 1 unspecified atom stereocenters. The van der Waals surface area contributed by atoms with Crippen molar-refractivity contribution in [3.63, 3.8) is 0 Å². The second-order valence-corrected chi connectivity index (χ2v) is 3.39. The van der Waals surface area contributed by atoms with Crippen molar-refractivity contribution < 1.29 is 5.11 Å². The molecule has 1 atom stereocenters. The number of aliphatic hydroxyl groups is 1. The molecule has 0 amide bonds. The molecule has 12 heavy (non-hydrogen) atoms. The lowest BCUT2D eigenvalue weighted by Gasteiger charge is -2.07. The SMILES string of the molecule is CC(O)c1cc(Cl)c(N)c(Cl)c1. The van der Waals surface area contributed by atoms with E-state index in [1.165, 1.54) is 0 Å². The molecule has 1 rings (SSSR count). The predicted octanol–water partition coefficient (Wildman–Crippen LogP) is 2.63. The van der Waals surface area contributed by atoms with Crippen molar-refractivity contribution in [2.45, 2.75) is 13.0 Å². The van der Waals surface area contributed by atoms with Crippen molar-refractivity contribution in [2.75, 3.05) is 5.73 Å². The number of aliphatic hydroxyl groups excluding tert-OH is 1. The zero-order valence-electron chi connectivity index (χ0n) is 6.51. The summed E-state index contributed by atoms with van der Waals surface area (Å²) in [5, 5.41) is 9.95. The lowest BCUT2D eigenvalue weighted by atomic mass is 10.1. The summed E-state index contributed by atoms with van der Waals surface area (Å²) >= 11 is 11.5. The molecule has 0 aliphatic rings. The Kier molecular flexibility index (Phi) is 2.83. The van der Waals surface area contributed by atoms with E-state index >= 15 is 0 Å². The van der Waals surface area contributed by atoms with E-state index in [4.69, 9.17) is 28.9 Å². The first-order chi connectivity index (χ1) is 5.52. The number of hydrogen-bond acceptors (Lipinski definition) is 2. The molecule has 0 bridgehead atoms. The molecule has 3 N–H and O–H groups in total. The monoisotopic (exact) mass is 205 g/mol. The summed E-state index contributed by atoms with van der Waals surface area (Å²) < 4.78 is 0. The van der Waals surface area contributed by atoms with E-state index in [-0.39, 0.29) is 0 Å². The lowest BCUT2D eigenvalue weighted by Crippen LogP contribution is -1.94. The molecule has 0 spiro atoms. The van der Waals surface area contributed by atoms with E-state index in [9.17, 15) is 5.11 Å². The van der Waals surface area contributed by atoms with Crippen LogP contribution in [-0.4, -0.2) is 5.11 Å². The molecular weight excluding hydrogens is 197 g/mol. The van der Waals surface area contributed by atoms with Crippen molar-refractivity contribution in [2.24, 2.45) is 0 Å². The molecule has 0 saturated heterocycles. The maximum atomic E-state index is 9.21. The van der Waals surface area contributed by atoms with Gasteiger partial charge in [0, 0.05) is 0 Å². The average molecular weight is 206 g/mol. The summed E-state index contributed by atoms with van der Waals surface area (Å²) in [4.78, 5) is 0. The summed E-state index contributed by atoms with van der Waals surface area (Å²) in [6, 6.07) is 3.21. The molecule has 0 aromatic heterocycles. The summed E-state index contributed by atoms with van der Waals surface area (Å²) in [6.45, 7) is 1.64. The number of nitrogens with two attached hydrogens (primary N) is 1. The first-order valence-corrected chi connectivity index (χ1v) is 4.20. The number of halogens is 2. The highest BCUT2D eigenvalue weighted by atomic mass is 35.5. The highest BCUT2D eigenvalue weighted by molar-refractivity contribution is 6.38. The number of anilines is 1. The van der Waals surface area contributed by atoms with E-state index in [2.05, 4.69) is 0 Å². The van der Waals surface area contributed by atoms with Gasteiger partial charge in [0.2, 0.25) is 0 Å². The van der Waals surface area contributed by atoms with Crippen LogP contribution in [0.5, 0.6) is 0 Å². The summed E-state index contributed by atoms with van der Waals surface area (Å²) in [5.41, 5.74) is 6.52. The maximum absolute atomic E-state index is 9.21. The van der Waals surface area contributed by atoms with Crippen LogP contribution in [0.15, 0.2) is 12.1 Å². The Hall–Kier alpha value is -0.440. The second kappa shape index (κ2) is 3.52. The second-order valence-electron chi connectivity index (χ2n) is 2.57. The van der Waals surface area contributed by atoms with Gasteiger partial charge in [0.05, 0.1) is 21.8 Å². The Morgan fingerprint density at radius 3 is 2.08 bits per heavy atom. The lowest BCUT2D eigenvalue weighted by molar-refractivity contribution is 0.199. The van der Waals surface area contributed by atoms with Crippen LogP contribution in [0.3, 0.4) is 0 Å². The van der Waals surface area contributed by atoms with E-state index < -0.39 is 6.10 Å². The van der Waals surface area contributed by atoms with Crippen LogP contribution in [0.1, 0.15) is 18.6 Å². The van der Waals surface area contributed by atoms with Gasteiger partial charge >= 0.3 is 0 Å². The standard InChI is InChI=1S/C8H9Cl2NO/c1-4(12)5-2-6(9)8(11)7(10)3-5/h2-4,12H,11H2,1H3. The third kappa shape index (κ3) is 1.83. The minimum atomic E-state index is -0.583. The van der Waals surface area contributed by atoms with Gasteiger partial charge in [-0.15, -0.1) is 0 Å². The highest BCUT2D eigenvalue weighted by Gasteiger charge is 2.07. The van der Waals surface area contributed by atoms with Gasteiger partial charge < -0.3 is 10.8 Å². The van der Waals surface area contributed by atoms with E-state index in [1.807, 2.05) is 0 Å². The minimum absolute atomic E-state index is 0.350. The quantitative estimate of drug-likeness (QED) is 0.693. The summed E-state index contributed by atoms with van der Waals surface area (Å²) in [7, 11) is 0. The fraction of sp³-hybridized carbons (Fsp3) is 0.250. The van der Waals surface area contributed by atoms with Gasteiger partial charge in [-0.3, -0.25) is 0 Å². The number of benzene rings is 1. The molecule has 0 saturated carbocycles. The van der Waals surface area contributed by atoms with Crippen LogP contribution in [0.25, 0.3) is 0 Å². The minimum Gasteiger partial charge on any atom is -0.396 e. The highest BCUT2D eigenvalue weighted by Crippen LogP contribution is 2.30. The third-order valence-corrected chi connectivity index (χ3v) is 2.21. The molecule has 4 heteroatoms. The third-order valence-electron chi connectivity index (χ3n) is 1.58. The first-order valence-electron chi connectivity index (χ1n) is 3.45. The van der Waals surface area contributed by atoms with Gasteiger partial charge in [0.25, 0.3) is 0 Å². The van der Waals surface area contributed by atoms with Gasteiger partial charge in [0.15, 0.2) is 0 Å². The van der Waals surface area contributed by atoms with Crippen molar-refractivity contribution in [1.82, 2.24) is 0 Å². The van der Waals surface area contributed by atoms with Crippen LogP contribution >= 0.6 is 23.2 Å². The van der Waals surface area contributed by atoms with Crippen LogP contribution in [-0.2, 0) is 0 Å². The van der Waals surface area contributed by atoms with Crippen molar-refractivity contribution >= 4 is 28.9 Å². The molecule has 0 aliphatic heterocycles. The van der Waals surface area contributed by atoms with Crippen LogP contribution < -0.4 is 5.73 Å². The first kappa shape index (κ1) is 9.65. The smallest absolute Gasteiger partial charge is 0.0762 e. The van der Waals surface area contributed by atoms with Crippen molar-refractivity contribution in [3.8, 4) is 0 Å². The topological polar surface area (TPSA) is 46.2 Å². The number of rotatable bonds is 1. The molecular formula is C8H9Cl2NO. The van der Waals surface area contributed by atoms with Gasteiger partial charge in [-0.2, -0.15) is 0 Å². The Morgan fingerprint density at radius 1 is 1.33 bits per heavy atom. The van der Waals surface area contributed by atoms with E-state index in [0.29, 0.717) is 21.3 Å². The molecule has 0 fully saturated rings. The summed E-state index contributed by atoms with van der Waals surface area (Å²) in [6.07, 6.45) is -0.583. The van der Waals surface area contributed by atoms with Crippen molar-refractivity contribution in [3.05, 3.63) is 27.7 Å². The molecule has 0 aliphatic carbocycles. The van der Waals surface area contributed by atoms with Crippen LogP contribution in [0, 0.1) is 0 Å². The maximum Gasteiger partial charge on any atom is 0.0762 e. The zero-order valence-corrected chi connectivity index (χ0v) is 8.02. The molecule has 2 nitrogen and oxygen atoms in total. The molecule has 66 valence electrons. The Bertz CT molecular complexity index is 276. The van der Waals surface area contributed by atoms with Gasteiger partial charge in [-0.25, -0.2) is 0 Å². The average Bonchev–Trinajstić information content (AvgIpc) is 1.99. The van der Waals surface area contributed by atoms with E-state index in [0.717, 1.165) is 0 Å². The van der Waals surface area contributed by atoms with Crippen molar-refractivity contribution in [1.29, 1.82) is 0 Å². The fourth-order valence-electron chi connectivity index (χ4n) is 0.845. The fourth-order valence-corrected chi connectivity index (χ4v) is 1.35. The van der Waals surface area contributed by atoms with Gasteiger partial charge in [-0.1, -0.05) is 23.2 Å². The van der Waals surface area contributed by atoms with Gasteiger partial charge in [0.1, 0.15) is 0 Å². The Balaban J connectivity index is 3.21. The van der Waals surface area contributed by atoms with Crippen LogP contribution in [0.4, 0.5) is 5.69 Å². The van der Waals surface area contributed by atoms with Gasteiger partial charge in [-0.05, 0) is 24.6 Å². The molecule has 1 aromatic carbocycles. The Morgan fingerprint density at radius 2 is 1.75 bits per heavy atom.